The lowest BCUT2D eigenvalue weighted by molar-refractivity contribution is -0.138. The van der Waals surface area contributed by atoms with E-state index >= 15 is 0 Å². The predicted octanol–water partition coefficient (Wildman–Crippen LogP) is 3.08. The summed E-state index contributed by atoms with van der Waals surface area (Å²) < 4.78 is 0. The van der Waals surface area contributed by atoms with Crippen molar-refractivity contribution < 1.29 is 4.79 Å². The highest BCUT2D eigenvalue weighted by Crippen LogP contribution is 2.61. The zero-order valence-corrected chi connectivity index (χ0v) is 14.8. The highest BCUT2D eigenvalue weighted by molar-refractivity contribution is 5.76. The summed E-state index contributed by atoms with van der Waals surface area (Å²) in [4.78, 5) is 23.1. The number of hydrogen-bond donors (Lipinski definition) is 1. The standard InChI is InChI=1S/C19H28N4O/c1-20-18-21-10-16(11-22-18)12-23(2)17(24)9-19-6-13-3-14(7-19)5-15(4-13)8-19/h10-11,13-15H,3-9,12H2,1-2H3,(H,20,21,22). The molecule has 5 rings (SSSR count). The minimum Gasteiger partial charge on any atom is -0.357 e. The van der Waals surface area contributed by atoms with E-state index < -0.39 is 0 Å². The van der Waals surface area contributed by atoms with Gasteiger partial charge in [-0.1, -0.05) is 0 Å². The minimum absolute atomic E-state index is 0.287. The van der Waals surface area contributed by atoms with Crippen molar-refractivity contribution in [2.75, 3.05) is 19.4 Å². The van der Waals surface area contributed by atoms with Crippen molar-refractivity contribution in [1.29, 1.82) is 0 Å². The first-order valence-corrected chi connectivity index (χ1v) is 9.28. The molecule has 0 aliphatic heterocycles. The van der Waals surface area contributed by atoms with Crippen molar-refractivity contribution in [2.24, 2.45) is 23.2 Å². The number of carbonyl (C=O) groups excluding carboxylic acids is 1. The lowest BCUT2D eigenvalue weighted by Crippen LogP contribution is -2.48. The van der Waals surface area contributed by atoms with Crippen LogP contribution in [0, 0.1) is 23.2 Å². The maximum absolute atomic E-state index is 12.8. The summed E-state index contributed by atoms with van der Waals surface area (Å²) in [5.41, 5.74) is 1.29. The lowest BCUT2D eigenvalue weighted by atomic mass is 9.49. The Labute approximate surface area is 144 Å². The van der Waals surface area contributed by atoms with E-state index in [1.807, 2.05) is 11.9 Å². The number of amides is 1. The lowest BCUT2D eigenvalue weighted by Gasteiger charge is -2.56. The Morgan fingerprint density at radius 2 is 1.71 bits per heavy atom. The fraction of sp³-hybridized carbons (Fsp3) is 0.737. The number of nitrogens with zero attached hydrogens (tertiary/aromatic N) is 3. The quantitative estimate of drug-likeness (QED) is 0.902. The molecule has 24 heavy (non-hydrogen) atoms. The maximum atomic E-state index is 12.8. The van der Waals surface area contributed by atoms with Crippen LogP contribution in [0.3, 0.4) is 0 Å². The van der Waals surface area contributed by atoms with Crippen molar-refractivity contribution in [3.05, 3.63) is 18.0 Å². The first kappa shape index (κ1) is 15.9. The summed E-state index contributed by atoms with van der Waals surface area (Å²) in [5, 5.41) is 2.91. The second-order valence-electron chi connectivity index (χ2n) is 8.51. The van der Waals surface area contributed by atoms with Crippen LogP contribution in [0.2, 0.25) is 0 Å². The number of anilines is 1. The van der Waals surface area contributed by atoms with Gasteiger partial charge in [0.15, 0.2) is 0 Å². The van der Waals surface area contributed by atoms with Crippen molar-refractivity contribution in [2.45, 2.75) is 51.5 Å². The second kappa shape index (κ2) is 6.01. The molecule has 1 amide bonds. The summed E-state index contributed by atoms with van der Waals surface area (Å²) in [7, 11) is 3.71. The second-order valence-corrected chi connectivity index (χ2v) is 8.51. The molecule has 130 valence electrons. The Balaban J connectivity index is 1.38. The van der Waals surface area contributed by atoms with E-state index in [0.29, 0.717) is 17.9 Å². The molecule has 0 atom stereocenters. The fourth-order valence-electron chi connectivity index (χ4n) is 5.89. The maximum Gasteiger partial charge on any atom is 0.223 e. The summed E-state index contributed by atoms with van der Waals surface area (Å²) in [6.07, 6.45) is 12.5. The van der Waals surface area contributed by atoms with E-state index in [4.69, 9.17) is 0 Å². The molecule has 1 N–H and O–H groups in total. The average molecular weight is 328 g/mol. The molecule has 4 aliphatic carbocycles. The van der Waals surface area contributed by atoms with E-state index in [1.54, 1.807) is 19.4 Å². The van der Waals surface area contributed by atoms with E-state index in [1.165, 1.54) is 38.5 Å². The first-order valence-electron chi connectivity index (χ1n) is 9.28. The molecule has 5 nitrogen and oxygen atoms in total. The van der Waals surface area contributed by atoms with Gasteiger partial charge in [-0.3, -0.25) is 4.79 Å². The monoisotopic (exact) mass is 328 g/mol. The Hall–Kier alpha value is -1.65. The van der Waals surface area contributed by atoms with Crippen molar-refractivity contribution in [3.63, 3.8) is 0 Å². The van der Waals surface area contributed by atoms with Crippen LogP contribution in [0.5, 0.6) is 0 Å². The summed E-state index contributed by atoms with van der Waals surface area (Å²) in [5.74, 6) is 3.60. The fourth-order valence-corrected chi connectivity index (χ4v) is 5.89. The largest absolute Gasteiger partial charge is 0.357 e. The number of carbonyl (C=O) groups is 1. The van der Waals surface area contributed by atoms with Crippen molar-refractivity contribution in [1.82, 2.24) is 14.9 Å². The SMILES string of the molecule is CNc1ncc(CN(C)C(=O)CC23CC4CC(CC(C4)C2)C3)cn1. The normalized spacial score (nSPS) is 33.5. The smallest absolute Gasteiger partial charge is 0.223 e. The Morgan fingerprint density at radius 1 is 1.17 bits per heavy atom. The molecule has 4 saturated carbocycles. The van der Waals surface area contributed by atoms with Gasteiger partial charge in [0, 0.05) is 45.0 Å². The molecule has 0 radical (unpaired) electrons. The highest BCUT2D eigenvalue weighted by Gasteiger charge is 2.51. The van der Waals surface area contributed by atoms with Gasteiger partial charge in [0.2, 0.25) is 11.9 Å². The van der Waals surface area contributed by atoms with Crippen molar-refractivity contribution in [3.8, 4) is 0 Å². The van der Waals surface area contributed by atoms with Gasteiger partial charge in [-0.2, -0.15) is 0 Å². The number of nitrogens with one attached hydrogen (secondary N) is 1. The third-order valence-electron chi connectivity index (χ3n) is 6.47. The van der Waals surface area contributed by atoms with Gasteiger partial charge in [0.05, 0.1) is 0 Å². The third kappa shape index (κ3) is 3.01. The molecule has 0 aromatic carbocycles. The molecule has 5 heteroatoms. The molecule has 0 saturated heterocycles. The number of aromatic nitrogens is 2. The van der Waals surface area contributed by atoms with Crippen LogP contribution in [0.25, 0.3) is 0 Å². The van der Waals surface area contributed by atoms with E-state index in [9.17, 15) is 4.79 Å². The zero-order chi connectivity index (χ0) is 16.7. The Morgan fingerprint density at radius 3 is 2.21 bits per heavy atom. The van der Waals surface area contributed by atoms with Crippen LogP contribution in [-0.2, 0) is 11.3 Å². The molecule has 4 bridgehead atoms. The third-order valence-corrected chi connectivity index (χ3v) is 6.47. The molecule has 1 heterocycles. The summed E-state index contributed by atoms with van der Waals surface area (Å²) >= 11 is 0. The first-order chi connectivity index (χ1) is 11.5. The molecule has 4 aliphatic rings. The van der Waals surface area contributed by atoms with Crippen LogP contribution < -0.4 is 5.32 Å². The molecule has 1 aromatic heterocycles. The van der Waals surface area contributed by atoms with E-state index in [-0.39, 0.29) is 5.91 Å². The van der Waals surface area contributed by atoms with Crippen LogP contribution in [0.4, 0.5) is 5.95 Å². The molecule has 0 unspecified atom stereocenters. The summed E-state index contributed by atoms with van der Waals surface area (Å²) in [6, 6.07) is 0. The van der Waals surface area contributed by atoms with Crippen LogP contribution in [-0.4, -0.2) is 34.9 Å². The summed E-state index contributed by atoms with van der Waals surface area (Å²) in [6.45, 7) is 0.592. The van der Waals surface area contributed by atoms with Gasteiger partial charge < -0.3 is 10.2 Å². The van der Waals surface area contributed by atoms with Gasteiger partial charge >= 0.3 is 0 Å². The molecule has 0 spiro atoms. The molecule has 1 aromatic rings. The van der Waals surface area contributed by atoms with Crippen LogP contribution >= 0.6 is 0 Å². The topological polar surface area (TPSA) is 58.1 Å². The van der Waals surface area contributed by atoms with Gasteiger partial charge in [-0.25, -0.2) is 9.97 Å². The van der Waals surface area contributed by atoms with Gasteiger partial charge in [-0.15, -0.1) is 0 Å². The van der Waals surface area contributed by atoms with Crippen LogP contribution in [0.1, 0.15) is 50.5 Å². The average Bonchev–Trinajstić information content (AvgIpc) is 2.53. The molecular weight excluding hydrogens is 300 g/mol. The van der Waals surface area contributed by atoms with Crippen molar-refractivity contribution >= 4 is 11.9 Å². The Kier molecular flexibility index (Phi) is 3.97. The number of hydrogen-bond acceptors (Lipinski definition) is 4. The molecular formula is C19H28N4O. The molecule has 4 fully saturated rings. The zero-order valence-electron chi connectivity index (χ0n) is 14.8. The van der Waals surface area contributed by atoms with E-state index in [0.717, 1.165) is 29.7 Å². The number of rotatable bonds is 5. The van der Waals surface area contributed by atoms with Crippen LogP contribution in [0.15, 0.2) is 12.4 Å². The Bertz CT molecular complexity index is 577. The highest BCUT2D eigenvalue weighted by atomic mass is 16.2. The van der Waals surface area contributed by atoms with Gasteiger partial charge in [-0.05, 0) is 61.7 Å². The predicted molar refractivity (Wildman–Crippen MR) is 93.3 cm³/mol. The van der Waals surface area contributed by atoms with E-state index in [2.05, 4.69) is 15.3 Å². The minimum atomic E-state index is 0.287. The van der Waals surface area contributed by atoms with Gasteiger partial charge in [0.25, 0.3) is 0 Å². The van der Waals surface area contributed by atoms with Gasteiger partial charge in [0.1, 0.15) is 0 Å².